The van der Waals surface area contributed by atoms with Crippen LogP contribution in [-0.4, -0.2) is 25.8 Å². The van der Waals surface area contributed by atoms with Gasteiger partial charge in [0.15, 0.2) is 17.3 Å². The van der Waals surface area contributed by atoms with Gasteiger partial charge in [-0.15, -0.1) is 0 Å². The SMILES string of the molecule is COc1c(Cl)c(C2CCCCC2)c(OC)c(F)c1C(=O)OC(C)(C)C. The van der Waals surface area contributed by atoms with Crippen molar-refractivity contribution in [2.75, 3.05) is 14.2 Å². The molecule has 4 nitrogen and oxygen atoms in total. The molecule has 1 fully saturated rings. The molecule has 0 aromatic heterocycles. The van der Waals surface area contributed by atoms with Crippen LogP contribution in [-0.2, 0) is 4.74 Å². The lowest BCUT2D eigenvalue weighted by atomic mass is 9.83. The lowest BCUT2D eigenvalue weighted by Crippen LogP contribution is -2.25. The molecule has 0 spiro atoms. The van der Waals surface area contributed by atoms with E-state index in [1.807, 2.05) is 0 Å². The van der Waals surface area contributed by atoms with Gasteiger partial charge in [0, 0.05) is 5.56 Å². The van der Waals surface area contributed by atoms with Crippen molar-refractivity contribution in [2.24, 2.45) is 0 Å². The lowest BCUT2D eigenvalue weighted by Gasteiger charge is -2.27. The van der Waals surface area contributed by atoms with Crippen LogP contribution >= 0.6 is 11.6 Å². The summed E-state index contributed by atoms with van der Waals surface area (Å²) in [5, 5.41) is 0.230. The van der Waals surface area contributed by atoms with Crippen molar-refractivity contribution >= 4 is 17.6 Å². The average molecular weight is 373 g/mol. The summed E-state index contributed by atoms with van der Waals surface area (Å²) in [5.74, 6) is -1.49. The van der Waals surface area contributed by atoms with Crippen molar-refractivity contribution in [3.8, 4) is 11.5 Å². The number of carbonyl (C=O) groups excluding carboxylic acids is 1. The molecule has 0 unspecified atom stereocenters. The lowest BCUT2D eigenvalue weighted by molar-refractivity contribution is 0.00606. The Labute approximate surface area is 153 Å². The van der Waals surface area contributed by atoms with Crippen LogP contribution in [0.3, 0.4) is 0 Å². The van der Waals surface area contributed by atoms with Gasteiger partial charge < -0.3 is 14.2 Å². The van der Waals surface area contributed by atoms with Crippen molar-refractivity contribution in [2.45, 2.75) is 64.4 Å². The summed E-state index contributed by atoms with van der Waals surface area (Å²) in [5.41, 5.74) is -0.500. The van der Waals surface area contributed by atoms with E-state index >= 15 is 4.39 Å². The second-order valence-electron chi connectivity index (χ2n) is 7.32. The fraction of sp³-hybridized carbons (Fsp3) is 0.632. The Hall–Kier alpha value is -1.49. The first-order valence-electron chi connectivity index (χ1n) is 8.57. The van der Waals surface area contributed by atoms with Crippen LogP contribution in [0.1, 0.15) is 74.7 Å². The van der Waals surface area contributed by atoms with Crippen molar-refractivity contribution < 1.29 is 23.4 Å². The van der Waals surface area contributed by atoms with Gasteiger partial charge in [-0.2, -0.15) is 0 Å². The summed E-state index contributed by atoms with van der Waals surface area (Å²) >= 11 is 6.54. The highest BCUT2D eigenvalue weighted by atomic mass is 35.5. The fourth-order valence-electron chi connectivity index (χ4n) is 3.32. The van der Waals surface area contributed by atoms with Crippen LogP contribution in [0, 0.1) is 5.82 Å². The van der Waals surface area contributed by atoms with E-state index in [1.165, 1.54) is 14.2 Å². The number of esters is 1. The fourth-order valence-corrected chi connectivity index (χ4v) is 3.73. The summed E-state index contributed by atoms with van der Waals surface area (Å²) < 4.78 is 31.1. The van der Waals surface area contributed by atoms with Crippen molar-refractivity contribution in [1.29, 1.82) is 0 Å². The molecule has 0 saturated heterocycles. The van der Waals surface area contributed by atoms with E-state index in [1.54, 1.807) is 20.8 Å². The largest absolute Gasteiger partial charge is 0.494 e. The quantitative estimate of drug-likeness (QED) is 0.654. The summed E-state index contributed by atoms with van der Waals surface area (Å²) in [6, 6.07) is 0. The zero-order chi connectivity index (χ0) is 18.8. The number of benzene rings is 1. The molecule has 0 amide bonds. The predicted molar refractivity (Wildman–Crippen MR) is 95.5 cm³/mol. The van der Waals surface area contributed by atoms with E-state index in [2.05, 4.69) is 0 Å². The minimum atomic E-state index is -0.822. The molecule has 1 aliphatic rings. The van der Waals surface area contributed by atoms with E-state index in [0.717, 1.165) is 32.1 Å². The van der Waals surface area contributed by atoms with E-state index < -0.39 is 17.4 Å². The summed E-state index contributed by atoms with van der Waals surface area (Å²) in [4.78, 5) is 12.5. The monoisotopic (exact) mass is 372 g/mol. The van der Waals surface area contributed by atoms with Crippen LogP contribution in [0.5, 0.6) is 11.5 Å². The molecule has 0 N–H and O–H groups in total. The molecule has 0 aliphatic heterocycles. The van der Waals surface area contributed by atoms with Gasteiger partial charge in [0.2, 0.25) is 0 Å². The number of halogens is 2. The van der Waals surface area contributed by atoms with Crippen LogP contribution in [0.4, 0.5) is 4.39 Å². The molecule has 140 valence electrons. The molecule has 0 radical (unpaired) electrons. The highest BCUT2D eigenvalue weighted by Crippen LogP contribution is 2.48. The maximum Gasteiger partial charge on any atom is 0.345 e. The number of hydrogen-bond acceptors (Lipinski definition) is 4. The molecule has 0 heterocycles. The molecule has 25 heavy (non-hydrogen) atoms. The highest BCUT2D eigenvalue weighted by Gasteiger charge is 2.34. The third-order valence-corrected chi connectivity index (χ3v) is 4.73. The number of hydrogen-bond donors (Lipinski definition) is 0. The first kappa shape index (κ1) is 19.8. The summed E-state index contributed by atoms with van der Waals surface area (Å²) in [6.07, 6.45) is 5.09. The Balaban J connectivity index is 2.62. The first-order chi connectivity index (χ1) is 11.7. The Morgan fingerprint density at radius 3 is 2.12 bits per heavy atom. The Morgan fingerprint density at radius 2 is 1.64 bits per heavy atom. The van der Waals surface area contributed by atoms with Gasteiger partial charge in [-0.3, -0.25) is 0 Å². The number of methoxy groups -OCH3 is 2. The number of rotatable bonds is 4. The molecule has 1 saturated carbocycles. The van der Waals surface area contributed by atoms with Crippen LogP contribution < -0.4 is 9.47 Å². The average Bonchev–Trinajstić information content (AvgIpc) is 2.54. The second kappa shape index (κ2) is 7.81. The van der Waals surface area contributed by atoms with Crippen molar-refractivity contribution in [3.63, 3.8) is 0 Å². The van der Waals surface area contributed by atoms with E-state index in [4.69, 9.17) is 25.8 Å². The summed E-state index contributed by atoms with van der Waals surface area (Å²) in [7, 11) is 2.75. The first-order valence-corrected chi connectivity index (χ1v) is 8.95. The molecule has 1 aromatic carbocycles. The van der Waals surface area contributed by atoms with Crippen molar-refractivity contribution in [1.82, 2.24) is 0 Å². The standard InChI is InChI=1S/C19H26ClFO4/c1-19(2,3)25-18(22)13-15(21)17(24-5)12(14(20)16(13)23-4)11-9-7-6-8-10-11/h11H,6-10H2,1-5H3. The van der Waals surface area contributed by atoms with E-state index in [-0.39, 0.29) is 28.0 Å². The topological polar surface area (TPSA) is 44.8 Å². The molecular formula is C19H26ClFO4. The van der Waals surface area contributed by atoms with E-state index in [0.29, 0.717) is 5.56 Å². The maximum atomic E-state index is 15.2. The maximum absolute atomic E-state index is 15.2. The molecule has 1 aliphatic carbocycles. The normalized spacial score (nSPS) is 15.8. The number of ether oxygens (including phenoxy) is 3. The Morgan fingerprint density at radius 1 is 1.08 bits per heavy atom. The second-order valence-corrected chi connectivity index (χ2v) is 7.70. The van der Waals surface area contributed by atoms with Gasteiger partial charge >= 0.3 is 5.97 Å². The molecule has 0 atom stereocenters. The minimum absolute atomic E-state index is 0.00906. The third-order valence-electron chi connectivity index (χ3n) is 4.35. The summed E-state index contributed by atoms with van der Waals surface area (Å²) in [6.45, 7) is 5.14. The third kappa shape index (κ3) is 4.20. The van der Waals surface area contributed by atoms with Crippen molar-refractivity contribution in [3.05, 3.63) is 22.0 Å². The molecule has 0 bridgehead atoms. The van der Waals surface area contributed by atoms with Crippen LogP contribution in [0.25, 0.3) is 0 Å². The predicted octanol–water partition coefficient (Wildman–Crippen LogP) is 5.50. The number of carbonyl (C=O) groups is 1. The highest BCUT2D eigenvalue weighted by molar-refractivity contribution is 6.33. The van der Waals surface area contributed by atoms with Gasteiger partial charge in [-0.1, -0.05) is 30.9 Å². The van der Waals surface area contributed by atoms with E-state index in [9.17, 15) is 4.79 Å². The van der Waals surface area contributed by atoms with Gasteiger partial charge in [-0.25, -0.2) is 9.18 Å². The zero-order valence-corrected chi connectivity index (χ0v) is 16.3. The molecular weight excluding hydrogens is 347 g/mol. The minimum Gasteiger partial charge on any atom is -0.494 e. The smallest absolute Gasteiger partial charge is 0.345 e. The zero-order valence-electron chi connectivity index (χ0n) is 15.5. The Bertz CT molecular complexity index is 646. The van der Waals surface area contributed by atoms with Gasteiger partial charge in [0.25, 0.3) is 0 Å². The molecule has 1 aromatic rings. The van der Waals surface area contributed by atoms with Gasteiger partial charge in [-0.05, 0) is 39.5 Å². The van der Waals surface area contributed by atoms with Crippen LogP contribution in [0.15, 0.2) is 0 Å². The van der Waals surface area contributed by atoms with Gasteiger partial charge in [0.1, 0.15) is 11.2 Å². The molecule has 2 rings (SSSR count). The van der Waals surface area contributed by atoms with Crippen LogP contribution in [0.2, 0.25) is 5.02 Å². The Kier molecular flexibility index (Phi) is 6.20. The van der Waals surface area contributed by atoms with Gasteiger partial charge in [0.05, 0.1) is 19.2 Å². The molecule has 6 heteroatoms.